The van der Waals surface area contributed by atoms with Gasteiger partial charge in [0.2, 0.25) is 5.91 Å². The van der Waals surface area contributed by atoms with Crippen molar-refractivity contribution in [2.45, 2.75) is 32.7 Å². The third-order valence-electron chi connectivity index (χ3n) is 4.55. The fraction of sp³-hybridized carbons (Fsp3) is 0.300. The maximum atomic E-state index is 13.4. The molecule has 2 amide bonds. The molecule has 2 heterocycles. The van der Waals surface area contributed by atoms with Crippen molar-refractivity contribution in [3.63, 3.8) is 0 Å². The first-order chi connectivity index (χ1) is 13.2. The molecule has 0 radical (unpaired) electrons. The molecule has 3 rings (SSSR count). The Morgan fingerprint density at radius 1 is 1.29 bits per heavy atom. The van der Waals surface area contributed by atoms with E-state index in [0.29, 0.717) is 23.8 Å². The van der Waals surface area contributed by atoms with Crippen molar-refractivity contribution in [2.24, 2.45) is 0 Å². The van der Waals surface area contributed by atoms with Gasteiger partial charge in [-0.05, 0) is 37.4 Å². The molecule has 0 saturated carbocycles. The number of nitrogens with zero attached hydrogens (tertiary/aromatic N) is 1. The number of nitrogens with one attached hydrogen (secondary N) is 1. The third kappa shape index (κ3) is 3.77. The normalized spacial score (nSPS) is 14.9. The number of amides is 2. The molecule has 0 saturated heterocycles. The van der Waals surface area contributed by atoms with Crippen LogP contribution in [-0.2, 0) is 14.3 Å². The number of hydrogen-bond donors (Lipinski definition) is 1. The Labute approximate surface area is 165 Å². The van der Waals surface area contributed by atoms with Gasteiger partial charge in [0.05, 0.1) is 5.57 Å². The summed E-state index contributed by atoms with van der Waals surface area (Å²) >= 11 is 1.41. The van der Waals surface area contributed by atoms with E-state index >= 15 is 0 Å². The maximum absolute atomic E-state index is 13.4. The standard InChI is InChI=1S/C20H20F2N2O3S/c1-4-15-17(16-6-5-7-28-16)18(25)24(11-27-15)20(2,3)19(26)23-14-9-12(21)8-13(22)10-14/h5-10H,4,11H2,1-3H3,(H,23,26). The summed E-state index contributed by atoms with van der Waals surface area (Å²) in [6.07, 6.45) is 0.544. The van der Waals surface area contributed by atoms with E-state index in [1.807, 2.05) is 24.4 Å². The lowest BCUT2D eigenvalue weighted by atomic mass is 9.98. The molecule has 5 nitrogen and oxygen atoms in total. The average Bonchev–Trinajstić information content (AvgIpc) is 3.14. The summed E-state index contributed by atoms with van der Waals surface area (Å²) in [6.45, 7) is 4.92. The highest BCUT2D eigenvalue weighted by molar-refractivity contribution is 7.11. The Morgan fingerprint density at radius 2 is 1.96 bits per heavy atom. The Hall–Kier alpha value is -2.74. The molecule has 1 N–H and O–H groups in total. The first-order valence-corrected chi connectivity index (χ1v) is 9.61. The molecule has 0 bridgehead atoms. The average molecular weight is 406 g/mol. The van der Waals surface area contributed by atoms with Gasteiger partial charge in [0.15, 0.2) is 6.73 Å². The Bertz CT molecular complexity index is 919. The predicted molar refractivity (Wildman–Crippen MR) is 103 cm³/mol. The van der Waals surface area contributed by atoms with Crippen molar-refractivity contribution in [3.05, 3.63) is 58.0 Å². The van der Waals surface area contributed by atoms with E-state index in [2.05, 4.69) is 5.32 Å². The van der Waals surface area contributed by atoms with Gasteiger partial charge >= 0.3 is 0 Å². The molecule has 1 aliphatic heterocycles. The number of anilines is 1. The van der Waals surface area contributed by atoms with Gasteiger partial charge in [0.1, 0.15) is 22.9 Å². The molecule has 1 aromatic heterocycles. The van der Waals surface area contributed by atoms with Crippen LogP contribution in [0.2, 0.25) is 0 Å². The number of benzene rings is 1. The van der Waals surface area contributed by atoms with E-state index < -0.39 is 23.1 Å². The summed E-state index contributed by atoms with van der Waals surface area (Å²) in [7, 11) is 0. The number of carbonyl (C=O) groups is 2. The van der Waals surface area contributed by atoms with Crippen molar-refractivity contribution in [3.8, 4) is 0 Å². The lowest BCUT2D eigenvalue weighted by Crippen LogP contribution is -2.57. The molecule has 1 aliphatic rings. The Balaban J connectivity index is 1.88. The molecule has 28 heavy (non-hydrogen) atoms. The van der Waals surface area contributed by atoms with Gasteiger partial charge in [-0.1, -0.05) is 13.0 Å². The van der Waals surface area contributed by atoms with E-state index in [1.165, 1.54) is 16.2 Å². The fourth-order valence-electron chi connectivity index (χ4n) is 2.92. The lowest BCUT2D eigenvalue weighted by molar-refractivity contribution is -0.147. The Kier molecular flexibility index (Phi) is 5.51. The second-order valence-corrected chi connectivity index (χ2v) is 7.75. The third-order valence-corrected chi connectivity index (χ3v) is 5.43. The van der Waals surface area contributed by atoms with Crippen LogP contribution < -0.4 is 5.32 Å². The number of thiophene rings is 1. The number of allylic oxidation sites excluding steroid dienone is 1. The lowest BCUT2D eigenvalue weighted by Gasteiger charge is -2.40. The largest absolute Gasteiger partial charge is 0.476 e. The van der Waals surface area contributed by atoms with Crippen molar-refractivity contribution in [1.82, 2.24) is 4.90 Å². The van der Waals surface area contributed by atoms with Crippen LogP contribution in [0.4, 0.5) is 14.5 Å². The van der Waals surface area contributed by atoms with Crippen LogP contribution in [0.15, 0.2) is 41.5 Å². The van der Waals surface area contributed by atoms with Crippen molar-refractivity contribution in [1.29, 1.82) is 0 Å². The number of rotatable bonds is 5. The second-order valence-electron chi connectivity index (χ2n) is 6.81. The summed E-state index contributed by atoms with van der Waals surface area (Å²) in [5.41, 5.74) is -0.910. The van der Waals surface area contributed by atoms with Crippen molar-refractivity contribution >= 4 is 34.4 Å². The van der Waals surface area contributed by atoms with Crippen LogP contribution in [0, 0.1) is 11.6 Å². The number of carbonyl (C=O) groups excluding carboxylic acids is 2. The van der Waals surface area contributed by atoms with Crippen molar-refractivity contribution < 1.29 is 23.1 Å². The summed E-state index contributed by atoms with van der Waals surface area (Å²) in [6, 6.07) is 6.40. The minimum absolute atomic E-state index is 0.0239. The van der Waals surface area contributed by atoms with Gasteiger partial charge in [0, 0.05) is 23.1 Å². The zero-order valence-electron chi connectivity index (χ0n) is 15.7. The molecule has 0 atom stereocenters. The summed E-state index contributed by atoms with van der Waals surface area (Å²) < 4.78 is 32.6. The quantitative estimate of drug-likeness (QED) is 0.802. The van der Waals surface area contributed by atoms with Gasteiger partial charge in [-0.3, -0.25) is 14.5 Å². The summed E-state index contributed by atoms with van der Waals surface area (Å²) in [4.78, 5) is 28.1. The molecule has 8 heteroatoms. The van der Waals surface area contributed by atoms with E-state index in [9.17, 15) is 18.4 Å². The Morgan fingerprint density at radius 3 is 2.54 bits per heavy atom. The molecule has 0 spiro atoms. The molecular formula is C20H20F2N2O3S. The summed E-state index contributed by atoms with van der Waals surface area (Å²) in [5, 5.41) is 4.33. The first kappa shape index (κ1) is 20.0. The van der Waals surface area contributed by atoms with Gasteiger partial charge in [-0.2, -0.15) is 0 Å². The van der Waals surface area contributed by atoms with Crippen LogP contribution in [0.3, 0.4) is 0 Å². The van der Waals surface area contributed by atoms with Crippen LogP contribution >= 0.6 is 11.3 Å². The van der Waals surface area contributed by atoms with E-state index in [1.54, 1.807) is 13.8 Å². The molecule has 2 aromatic rings. The van der Waals surface area contributed by atoms with E-state index in [0.717, 1.165) is 17.0 Å². The minimum Gasteiger partial charge on any atom is -0.476 e. The maximum Gasteiger partial charge on any atom is 0.262 e. The topological polar surface area (TPSA) is 58.6 Å². The number of ether oxygens (including phenoxy) is 1. The van der Waals surface area contributed by atoms with Crippen LogP contribution in [0.25, 0.3) is 5.57 Å². The zero-order valence-corrected chi connectivity index (χ0v) is 16.5. The highest BCUT2D eigenvalue weighted by Gasteiger charge is 2.42. The molecule has 0 fully saturated rings. The van der Waals surface area contributed by atoms with Gasteiger partial charge in [-0.25, -0.2) is 8.78 Å². The highest BCUT2D eigenvalue weighted by atomic mass is 32.1. The highest BCUT2D eigenvalue weighted by Crippen LogP contribution is 2.34. The molecule has 0 unspecified atom stereocenters. The van der Waals surface area contributed by atoms with Crippen LogP contribution in [-0.4, -0.2) is 29.0 Å². The summed E-state index contributed by atoms with van der Waals surface area (Å²) in [5.74, 6) is -1.94. The SMILES string of the molecule is CCC1=C(c2cccs2)C(=O)N(C(C)(C)C(=O)Nc2cc(F)cc(F)c2)CO1. The first-order valence-electron chi connectivity index (χ1n) is 8.73. The number of halogens is 2. The second kappa shape index (κ2) is 7.71. The molecule has 148 valence electrons. The molecule has 0 aliphatic carbocycles. The smallest absolute Gasteiger partial charge is 0.262 e. The van der Waals surface area contributed by atoms with Gasteiger partial charge < -0.3 is 10.1 Å². The number of hydrogen-bond acceptors (Lipinski definition) is 4. The van der Waals surface area contributed by atoms with E-state index in [-0.39, 0.29) is 18.3 Å². The monoisotopic (exact) mass is 406 g/mol. The predicted octanol–water partition coefficient (Wildman–Crippen LogP) is 4.38. The fourth-order valence-corrected chi connectivity index (χ4v) is 3.70. The van der Waals surface area contributed by atoms with Crippen LogP contribution in [0.5, 0.6) is 0 Å². The van der Waals surface area contributed by atoms with Gasteiger partial charge in [-0.15, -0.1) is 11.3 Å². The zero-order chi connectivity index (χ0) is 20.5. The van der Waals surface area contributed by atoms with Crippen molar-refractivity contribution in [2.75, 3.05) is 12.0 Å². The molecular weight excluding hydrogens is 386 g/mol. The van der Waals surface area contributed by atoms with Gasteiger partial charge in [0.25, 0.3) is 5.91 Å². The molecule has 1 aromatic carbocycles. The minimum atomic E-state index is -1.32. The van der Waals surface area contributed by atoms with Crippen LogP contribution in [0.1, 0.15) is 32.1 Å². The van der Waals surface area contributed by atoms with E-state index in [4.69, 9.17) is 4.74 Å².